The molecule has 2 aromatic heterocycles. The van der Waals surface area contributed by atoms with Gasteiger partial charge in [0.15, 0.2) is 10.9 Å². The third kappa shape index (κ3) is 3.55. The fourth-order valence-electron chi connectivity index (χ4n) is 4.09. The molecule has 1 aliphatic heterocycles. The van der Waals surface area contributed by atoms with Crippen LogP contribution in [0.4, 0.5) is 5.13 Å². The Bertz CT molecular complexity index is 1460. The van der Waals surface area contributed by atoms with Crippen LogP contribution in [-0.2, 0) is 4.79 Å². The number of aliphatic hydroxyl groups excluding tert-OH is 1. The average molecular weight is 476 g/mol. The predicted octanol–water partition coefficient (Wildman–Crippen LogP) is 5.77. The summed E-state index contributed by atoms with van der Waals surface area (Å²) in [5, 5.41) is 12.2. The number of hydrogen-bond acceptors (Lipinski definition) is 7. The Hall–Kier alpha value is -3.36. The number of hydrogen-bond donors (Lipinski definition) is 1. The summed E-state index contributed by atoms with van der Waals surface area (Å²) in [5.74, 6) is -1.54. The van der Waals surface area contributed by atoms with E-state index in [0.29, 0.717) is 15.7 Å². The summed E-state index contributed by atoms with van der Waals surface area (Å²) in [7, 11) is 0. The molecule has 0 aliphatic carbocycles. The van der Waals surface area contributed by atoms with Gasteiger partial charge in [-0.1, -0.05) is 47.2 Å². The number of anilines is 1. The Balaban J connectivity index is 1.69. The van der Waals surface area contributed by atoms with Gasteiger partial charge in [0.25, 0.3) is 5.91 Å². The van der Waals surface area contributed by atoms with E-state index in [4.69, 9.17) is 0 Å². The van der Waals surface area contributed by atoms with E-state index in [1.807, 2.05) is 63.2 Å². The van der Waals surface area contributed by atoms with E-state index in [2.05, 4.69) is 9.97 Å². The zero-order valence-electron chi connectivity index (χ0n) is 18.5. The molecule has 0 bridgehead atoms. The van der Waals surface area contributed by atoms with E-state index < -0.39 is 17.7 Å². The first-order valence-electron chi connectivity index (χ1n) is 10.4. The number of nitrogens with zero attached hydrogens (tertiary/aromatic N) is 3. The fraction of sp³-hybridized carbons (Fsp3) is 0.200. The number of Topliss-reactive ketones (excluding diaryl/α,β-unsaturated/α-hetero) is 1. The minimum atomic E-state index is -0.783. The number of ketones is 1. The zero-order chi connectivity index (χ0) is 23.4. The van der Waals surface area contributed by atoms with Crippen molar-refractivity contribution < 1.29 is 14.7 Å². The van der Waals surface area contributed by atoms with Crippen LogP contribution in [0.1, 0.15) is 43.1 Å². The highest BCUT2D eigenvalue weighted by Crippen LogP contribution is 2.44. The van der Waals surface area contributed by atoms with E-state index in [-0.39, 0.29) is 11.4 Å². The lowest BCUT2D eigenvalue weighted by molar-refractivity contribution is -0.117. The quantitative estimate of drug-likeness (QED) is 0.379. The van der Waals surface area contributed by atoms with Gasteiger partial charge in [-0.05, 0) is 51.0 Å². The van der Waals surface area contributed by atoms with E-state index in [1.165, 1.54) is 27.6 Å². The molecule has 8 heteroatoms. The number of carbonyl (C=O) groups is 2. The molecule has 33 heavy (non-hydrogen) atoms. The molecule has 0 fully saturated rings. The maximum atomic E-state index is 13.6. The molecule has 1 N–H and O–H groups in total. The minimum absolute atomic E-state index is 0.0611. The third-order valence-electron chi connectivity index (χ3n) is 5.69. The van der Waals surface area contributed by atoms with Crippen molar-refractivity contribution in [2.24, 2.45) is 0 Å². The number of rotatable bonds is 4. The van der Waals surface area contributed by atoms with Crippen molar-refractivity contribution in [1.82, 2.24) is 9.97 Å². The third-order valence-corrected chi connectivity index (χ3v) is 7.78. The maximum absolute atomic E-state index is 13.6. The van der Waals surface area contributed by atoms with Crippen LogP contribution in [0.2, 0.25) is 0 Å². The normalized spacial score (nSPS) is 16.3. The predicted molar refractivity (Wildman–Crippen MR) is 131 cm³/mol. The Kier molecular flexibility index (Phi) is 5.14. The summed E-state index contributed by atoms with van der Waals surface area (Å²) in [6, 6.07) is 12.7. The van der Waals surface area contributed by atoms with Crippen LogP contribution in [0.15, 0.2) is 53.8 Å². The second-order valence-corrected chi connectivity index (χ2v) is 10.4. The second-order valence-electron chi connectivity index (χ2n) is 8.19. The van der Waals surface area contributed by atoms with Gasteiger partial charge in [-0.3, -0.25) is 14.5 Å². The highest BCUT2D eigenvalue weighted by Gasteiger charge is 2.46. The number of carbonyl (C=O) groups excluding carboxylic acids is 2. The molecule has 0 radical (unpaired) electrons. The molecule has 1 amide bonds. The van der Waals surface area contributed by atoms with Crippen molar-refractivity contribution in [3.8, 4) is 0 Å². The lowest BCUT2D eigenvalue weighted by atomic mass is 9.94. The molecule has 4 aromatic rings. The van der Waals surface area contributed by atoms with Gasteiger partial charge in [0.2, 0.25) is 5.78 Å². The number of fused-ring (bicyclic) bond motifs is 1. The molecule has 0 saturated heterocycles. The van der Waals surface area contributed by atoms with E-state index >= 15 is 0 Å². The number of benzene rings is 2. The van der Waals surface area contributed by atoms with Gasteiger partial charge in [-0.25, -0.2) is 9.97 Å². The van der Waals surface area contributed by atoms with Crippen molar-refractivity contribution in [2.45, 2.75) is 33.7 Å². The molecule has 166 valence electrons. The van der Waals surface area contributed by atoms with Crippen LogP contribution in [0.25, 0.3) is 10.2 Å². The highest BCUT2D eigenvalue weighted by molar-refractivity contribution is 7.22. The summed E-state index contributed by atoms with van der Waals surface area (Å²) in [6.07, 6.45) is 0. The summed E-state index contributed by atoms with van der Waals surface area (Å²) in [5.41, 5.74) is 4.30. The monoisotopic (exact) mass is 475 g/mol. The van der Waals surface area contributed by atoms with Crippen molar-refractivity contribution in [2.75, 3.05) is 4.90 Å². The lowest BCUT2D eigenvalue weighted by Crippen LogP contribution is -2.31. The van der Waals surface area contributed by atoms with E-state index in [1.54, 1.807) is 6.92 Å². The van der Waals surface area contributed by atoms with Gasteiger partial charge in [0.1, 0.15) is 0 Å². The summed E-state index contributed by atoms with van der Waals surface area (Å²) in [4.78, 5) is 37.9. The number of aliphatic hydroxyl groups is 1. The smallest absolute Gasteiger partial charge is 0.296 e. The first-order valence-corrected chi connectivity index (χ1v) is 12.1. The molecule has 1 unspecified atom stereocenters. The van der Waals surface area contributed by atoms with Crippen molar-refractivity contribution in [3.05, 3.63) is 86.1 Å². The van der Waals surface area contributed by atoms with Gasteiger partial charge in [0.05, 0.1) is 37.4 Å². The second kappa shape index (κ2) is 7.90. The van der Waals surface area contributed by atoms with Crippen LogP contribution in [0, 0.1) is 27.7 Å². The topological polar surface area (TPSA) is 83.4 Å². The maximum Gasteiger partial charge on any atom is 0.296 e. The number of amides is 1. The number of thiazole rings is 2. The first-order chi connectivity index (χ1) is 15.7. The van der Waals surface area contributed by atoms with Crippen LogP contribution in [-0.4, -0.2) is 26.8 Å². The van der Waals surface area contributed by atoms with Crippen LogP contribution in [0.5, 0.6) is 0 Å². The van der Waals surface area contributed by atoms with Crippen LogP contribution >= 0.6 is 22.7 Å². The van der Waals surface area contributed by atoms with Crippen molar-refractivity contribution in [1.29, 1.82) is 0 Å². The zero-order valence-corrected chi connectivity index (χ0v) is 20.2. The van der Waals surface area contributed by atoms with E-state index in [0.717, 1.165) is 31.9 Å². The minimum Gasteiger partial charge on any atom is -0.503 e. The summed E-state index contributed by atoms with van der Waals surface area (Å²) < 4.78 is 0.939. The number of aromatic nitrogens is 2. The molecular weight excluding hydrogens is 454 g/mol. The molecule has 6 nitrogen and oxygen atoms in total. The van der Waals surface area contributed by atoms with Crippen molar-refractivity contribution >= 4 is 49.7 Å². The first kappa shape index (κ1) is 21.5. The Morgan fingerprint density at radius 1 is 0.970 bits per heavy atom. The van der Waals surface area contributed by atoms with Gasteiger partial charge in [-0.15, -0.1) is 11.3 Å². The van der Waals surface area contributed by atoms with Gasteiger partial charge in [0, 0.05) is 0 Å². The number of aryl methyl sites for hydroxylation is 4. The molecule has 2 aromatic carbocycles. The molecule has 1 atom stereocenters. The van der Waals surface area contributed by atoms with Crippen molar-refractivity contribution in [3.63, 3.8) is 0 Å². The van der Waals surface area contributed by atoms with Gasteiger partial charge in [-0.2, -0.15) is 0 Å². The standard InChI is InChI=1S/C25H21N3O3S2/c1-12-5-8-16(9-6-12)20-19(21(29)23-14(3)26-15(4)32-23)22(30)24(31)28(20)25-27-17-10-7-13(2)11-18(17)33-25/h5-11,20,30H,1-4H3. The summed E-state index contributed by atoms with van der Waals surface area (Å²) >= 11 is 2.63. The van der Waals surface area contributed by atoms with Crippen LogP contribution < -0.4 is 4.90 Å². The molecule has 5 rings (SSSR count). The molecule has 0 spiro atoms. The molecule has 3 heterocycles. The van der Waals surface area contributed by atoms with E-state index in [9.17, 15) is 14.7 Å². The Morgan fingerprint density at radius 2 is 1.67 bits per heavy atom. The molecule has 0 saturated carbocycles. The highest BCUT2D eigenvalue weighted by atomic mass is 32.1. The average Bonchev–Trinajstić information content (AvgIpc) is 3.41. The summed E-state index contributed by atoms with van der Waals surface area (Å²) in [6.45, 7) is 7.56. The van der Waals surface area contributed by atoms with Gasteiger partial charge < -0.3 is 5.11 Å². The Labute approximate surface area is 198 Å². The van der Waals surface area contributed by atoms with Gasteiger partial charge >= 0.3 is 0 Å². The Morgan fingerprint density at radius 3 is 2.33 bits per heavy atom. The molecular formula is C25H21N3O3S2. The molecule has 1 aliphatic rings. The SMILES string of the molecule is Cc1ccc(C2C(C(=O)c3sc(C)nc3C)=C(O)C(=O)N2c2nc3ccc(C)cc3s2)cc1. The largest absolute Gasteiger partial charge is 0.503 e. The fourth-order valence-corrected chi connectivity index (χ4v) is 6.05. The lowest BCUT2D eigenvalue weighted by Gasteiger charge is -2.24. The van der Waals surface area contributed by atoms with Crippen LogP contribution in [0.3, 0.4) is 0 Å².